The predicted octanol–water partition coefficient (Wildman–Crippen LogP) is 4.59. The summed E-state index contributed by atoms with van der Waals surface area (Å²) < 4.78 is 31.5. The molecule has 31 heavy (non-hydrogen) atoms. The number of carbonyl (C=O) groups is 2. The van der Waals surface area contributed by atoms with Crippen molar-refractivity contribution in [2.24, 2.45) is 0 Å². The SMILES string of the molecule is CCCS(=O)(=O)Nc1cccc(C(=O)Nc2ccc(Cl)cc2NC(=O)c2ccco2)c1. The van der Waals surface area contributed by atoms with Gasteiger partial charge in [-0.2, -0.15) is 0 Å². The van der Waals surface area contributed by atoms with Gasteiger partial charge in [0.25, 0.3) is 11.8 Å². The van der Waals surface area contributed by atoms with Gasteiger partial charge >= 0.3 is 0 Å². The average Bonchev–Trinajstić information content (AvgIpc) is 3.25. The van der Waals surface area contributed by atoms with E-state index in [1.165, 1.54) is 24.5 Å². The van der Waals surface area contributed by atoms with Gasteiger partial charge in [0.15, 0.2) is 5.76 Å². The Morgan fingerprint density at radius 3 is 2.45 bits per heavy atom. The lowest BCUT2D eigenvalue weighted by atomic mass is 10.1. The number of furan rings is 1. The number of hydrogen-bond donors (Lipinski definition) is 3. The lowest BCUT2D eigenvalue weighted by Crippen LogP contribution is -2.18. The van der Waals surface area contributed by atoms with Gasteiger partial charge in [-0.1, -0.05) is 24.6 Å². The van der Waals surface area contributed by atoms with Crippen LogP contribution < -0.4 is 15.4 Å². The summed E-state index contributed by atoms with van der Waals surface area (Å²) in [7, 11) is -3.49. The van der Waals surface area contributed by atoms with Crippen LogP contribution in [0.2, 0.25) is 5.02 Å². The molecule has 0 unspecified atom stereocenters. The van der Waals surface area contributed by atoms with Crippen LogP contribution in [0, 0.1) is 0 Å². The standard InChI is InChI=1S/C21H20ClN3O5S/c1-2-11-31(28,29)25-16-6-3-5-14(12-16)20(26)23-17-9-8-15(22)13-18(17)24-21(27)19-7-4-10-30-19/h3-10,12-13,25H,2,11H2,1H3,(H,23,26)(H,24,27). The number of nitrogens with one attached hydrogen (secondary N) is 3. The molecule has 0 radical (unpaired) electrons. The van der Waals surface area contributed by atoms with Crippen molar-refractivity contribution in [2.45, 2.75) is 13.3 Å². The summed E-state index contributed by atoms with van der Waals surface area (Å²) in [5.41, 5.74) is 1.10. The van der Waals surface area contributed by atoms with E-state index in [4.69, 9.17) is 16.0 Å². The quantitative estimate of drug-likeness (QED) is 0.453. The molecule has 2 amide bonds. The molecular formula is C21H20ClN3O5S. The lowest BCUT2D eigenvalue weighted by Gasteiger charge is -2.13. The Morgan fingerprint density at radius 1 is 0.968 bits per heavy atom. The summed E-state index contributed by atoms with van der Waals surface area (Å²) >= 11 is 6.03. The molecule has 10 heteroatoms. The average molecular weight is 462 g/mol. The highest BCUT2D eigenvalue weighted by molar-refractivity contribution is 7.92. The first kappa shape index (κ1) is 22.4. The van der Waals surface area contributed by atoms with Gasteiger partial charge < -0.3 is 15.1 Å². The largest absolute Gasteiger partial charge is 0.459 e. The molecule has 3 aromatic rings. The number of benzene rings is 2. The fraction of sp³-hybridized carbons (Fsp3) is 0.143. The fourth-order valence-corrected chi connectivity index (χ4v) is 4.04. The van der Waals surface area contributed by atoms with Crippen molar-refractivity contribution in [1.29, 1.82) is 0 Å². The maximum absolute atomic E-state index is 12.8. The second kappa shape index (κ2) is 9.67. The number of hydrogen-bond acceptors (Lipinski definition) is 5. The molecule has 0 aliphatic carbocycles. The Hall–Kier alpha value is -3.30. The first-order valence-electron chi connectivity index (χ1n) is 9.34. The minimum Gasteiger partial charge on any atom is -0.459 e. The molecule has 8 nitrogen and oxygen atoms in total. The Morgan fingerprint density at radius 2 is 1.74 bits per heavy atom. The van der Waals surface area contributed by atoms with Gasteiger partial charge in [0.05, 0.1) is 23.4 Å². The molecule has 1 heterocycles. The van der Waals surface area contributed by atoms with Crippen LogP contribution in [0.25, 0.3) is 0 Å². The van der Waals surface area contributed by atoms with Gasteiger partial charge in [0.2, 0.25) is 10.0 Å². The first-order chi connectivity index (χ1) is 14.8. The predicted molar refractivity (Wildman–Crippen MR) is 120 cm³/mol. The van der Waals surface area contributed by atoms with E-state index in [1.807, 2.05) is 0 Å². The first-order valence-corrected chi connectivity index (χ1v) is 11.4. The zero-order valence-electron chi connectivity index (χ0n) is 16.5. The highest BCUT2D eigenvalue weighted by Crippen LogP contribution is 2.27. The molecule has 0 spiro atoms. The zero-order valence-corrected chi connectivity index (χ0v) is 18.1. The van der Waals surface area contributed by atoms with Crippen LogP contribution in [0.5, 0.6) is 0 Å². The van der Waals surface area contributed by atoms with Crippen molar-refractivity contribution < 1.29 is 22.4 Å². The minimum atomic E-state index is -3.49. The number of halogens is 1. The molecule has 0 saturated heterocycles. The molecule has 0 saturated carbocycles. The van der Waals surface area contributed by atoms with Gasteiger partial charge in [-0.3, -0.25) is 14.3 Å². The van der Waals surface area contributed by atoms with Gasteiger partial charge in [0, 0.05) is 16.3 Å². The highest BCUT2D eigenvalue weighted by atomic mass is 35.5. The molecule has 0 fully saturated rings. The maximum atomic E-state index is 12.8. The van der Waals surface area contributed by atoms with Crippen molar-refractivity contribution in [3.63, 3.8) is 0 Å². The Bertz CT molecular complexity index is 1190. The van der Waals surface area contributed by atoms with E-state index in [0.29, 0.717) is 17.1 Å². The summed E-state index contributed by atoms with van der Waals surface area (Å²) in [5, 5.41) is 5.70. The number of carbonyl (C=O) groups excluding carboxylic acids is 2. The smallest absolute Gasteiger partial charge is 0.291 e. The van der Waals surface area contributed by atoms with E-state index in [2.05, 4.69) is 15.4 Å². The Balaban J connectivity index is 1.79. The van der Waals surface area contributed by atoms with Crippen LogP contribution in [-0.2, 0) is 10.0 Å². The van der Waals surface area contributed by atoms with Crippen molar-refractivity contribution in [3.8, 4) is 0 Å². The molecule has 0 bridgehead atoms. The zero-order chi connectivity index (χ0) is 22.4. The van der Waals surface area contributed by atoms with Crippen molar-refractivity contribution >= 4 is 50.5 Å². The summed E-state index contributed by atoms with van der Waals surface area (Å²) in [6.07, 6.45) is 1.84. The third-order valence-electron chi connectivity index (χ3n) is 4.09. The van der Waals surface area contributed by atoms with E-state index < -0.39 is 21.8 Å². The number of amides is 2. The number of anilines is 3. The minimum absolute atomic E-state index is 0.0209. The Kier molecular flexibility index (Phi) is 6.98. The van der Waals surface area contributed by atoms with Gasteiger partial charge in [-0.25, -0.2) is 8.42 Å². The summed E-state index contributed by atoms with van der Waals surface area (Å²) in [5.74, 6) is -0.917. The second-order valence-corrected chi connectivity index (χ2v) is 8.86. The van der Waals surface area contributed by atoms with Gasteiger partial charge in [-0.05, 0) is 55.0 Å². The molecule has 162 valence electrons. The van der Waals surface area contributed by atoms with Gasteiger partial charge in [-0.15, -0.1) is 0 Å². The van der Waals surface area contributed by atoms with E-state index in [9.17, 15) is 18.0 Å². The molecule has 0 aliphatic rings. The third-order valence-corrected chi connectivity index (χ3v) is 5.82. The second-order valence-electron chi connectivity index (χ2n) is 6.58. The highest BCUT2D eigenvalue weighted by Gasteiger charge is 2.15. The topological polar surface area (TPSA) is 118 Å². The fourth-order valence-electron chi connectivity index (χ4n) is 2.74. The summed E-state index contributed by atoms with van der Waals surface area (Å²) in [6, 6.07) is 13.8. The number of rotatable bonds is 8. The molecule has 1 aromatic heterocycles. The molecule has 2 aromatic carbocycles. The van der Waals surface area contributed by atoms with Crippen molar-refractivity contribution in [2.75, 3.05) is 21.1 Å². The Labute approximate surface area is 184 Å². The van der Waals surface area contributed by atoms with Crippen LogP contribution in [0.1, 0.15) is 34.3 Å². The monoisotopic (exact) mass is 461 g/mol. The van der Waals surface area contributed by atoms with Crippen LogP contribution in [0.4, 0.5) is 17.1 Å². The molecular weight excluding hydrogens is 442 g/mol. The lowest BCUT2D eigenvalue weighted by molar-refractivity contribution is 0.0993. The van der Waals surface area contributed by atoms with Crippen LogP contribution in [-0.4, -0.2) is 26.0 Å². The number of sulfonamides is 1. The molecule has 3 rings (SSSR count). The normalized spacial score (nSPS) is 11.0. The van der Waals surface area contributed by atoms with E-state index >= 15 is 0 Å². The summed E-state index contributed by atoms with van der Waals surface area (Å²) in [4.78, 5) is 25.1. The van der Waals surface area contributed by atoms with E-state index in [1.54, 1.807) is 43.3 Å². The van der Waals surface area contributed by atoms with Crippen LogP contribution in [0.3, 0.4) is 0 Å². The van der Waals surface area contributed by atoms with E-state index in [0.717, 1.165) is 0 Å². The molecule has 0 atom stereocenters. The molecule has 3 N–H and O–H groups in total. The van der Waals surface area contributed by atoms with Crippen LogP contribution >= 0.6 is 11.6 Å². The van der Waals surface area contributed by atoms with Crippen molar-refractivity contribution in [1.82, 2.24) is 0 Å². The maximum Gasteiger partial charge on any atom is 0.291 e. The van der Waals surface area contributed by atoms with E-state index in [-0.39, 0.29) is 28.5 Å². The molecule has 0 aliphatic heterocycles. The summed E-state index contributed by atoms with van der Waals surface area (Å²) in [6.45, 7) is 1.76. The van der Waals surface area contributed by atoms with Crippen LogP contribution in [0.15, 0.2) is 65.3 Å². The van der Waals surface area contributed by atoms with Crippen molar-refractivity contribution in [3.05, 3.63) is 77.2 Å². The third kappa shape index (κ3) is 6.09. The van der Waals surface area contributed by atoms with Gasteiger partial charge in [0.1, 0.15) is 0 Å².